The monoisotopic (exact) mass is 450 g/mol. The molecule has 174 valence electrons. The normalized spacial score (nSPS) is 16.8. The number of benzene rings is 2. The van der Waals surface area contributed by atoms with Gasteiger partial charge in [-0.15, -0.1) is 0 Å². The van der Waals surface area contributed by atoms with E-state index in [-0.39, 0.29) is 18.4 Å². The third-order valence-corrected chi connectivity index (χ3v) is 7.10. The molecule has 0 heterocycles. The number of carboxylic acids is 1. The first kappa shape index (κ1) is 22.8. The molecule has 0 aliphatic heterocycles. The summed E-state index contributed by atoms with van der Waals surface area (Å²) in [6.07, 6.45) is 0.909. The van der Waals surface area contributed by atoms with E-state index in [4.69, 9.17) is 4.74 Å². The molecule has 2 amide bonds. The van der Waals surface area contributed by atoms with Crippen LogP contribution >= 0.6 is 0 Å². The highest BCUT2D eigenvalue weighted by atomic mass is 16.5. The number of rotatable bonds is 7. The van der Waals surface area contributed by atoms with Gasteiger partial charge in [-0.2, -0.15) is 0 Å². The van der Waals surface area contributed by atoms with Gasteiger partial charge in [0.05, 0.1) is 0 Å². The van der Waals surface area contributed by atoms with Crippen LogP contribution in [0.3, 0.4) is 0 Å². The first-order valence-electron chi connectivity index (χ1n) is 11.4. The Kier molecular flexibility index (Phi) is 6.15. The van der Waals surface area contributed by atoms with Crippen LogP contribution in [-0.4, -0.2) is 53.2 Å². The molecule has 1 saturated carbocycles. The molecule has 0 unspecified atom stereocenters. The molecule has 2 aromatic rings. The van der Waals surface area contributed by atoms with E-state index in [9.17, 15) is 19.5 Å². The average Bonchev–Trinajstić information content (AvgIpc) is 3.08. The molecular formula is C26H30N2O5. The fraction of sp³-hybridized carbons (Fsp3) is 0.423. The highest BCUT2D eigenvalue weighted by Gasteiger charge is 2.51. The number of hydrogen-bond donors (Lipinski definition) is 2. The van der Waals surface area contributed by atoms with Gasteiger partial charge in [-0.1, -0.05) is 62.4 Å². The van der Waals surface area contributed by atoms with Crippen molar-refractivity contribution in [2.45, 2.75) is 50.6 Å². The highest BCUT2D eigenvalue weighted by Crippen LogP contribution is 2.44. The van der Waals surface area contributed by atoms with Gasteiger partial charge in [0.15, 0.2) is 0 Å². The van der Waals surface area contributed by atoms with Crippen LogP contribution in [0, 0.1) is 5.92 Å². The molecule has 7 nitrogen and oxygen atoms in total. The van der Waals surface area contributed by atoms with Crippen molar-refractivity contribution in [3.63, 3.8) is 0 Å². The Bertz CT molecular complexity index is 1030. The molecule has 1 fully saturated rings. The smallest absolute Gasteiger partial charge is 0.407 e. The SMILES string of the molecule is CC(C)[C@@H](NC(=O)OCC1c2ccccc2-c2ccccc21)C(=O)N(C)C1(C(=O)O)CCC1. The molecule has 4 rings (SSSR count). The lowest BCUT2D eigenvalue weighted by Crippen LogP contribution is -2.63. The molecule has 2 aromatic carbocycles. The molecule has 0 bridgehead atoms. The molecular weight excluding hydrogens is 420 g/mol. The third kappa shape index (κ3) is 3.96. The zero-order valence-electron chi connectivity index (χ0n) is 19.2. The zero-order chi connectivity index (χ0) is 23.8. The standard InChI is InChI=1S/C26H30N2O5/c1-16(2)22(23(29)28(3)26(24(30)31)13-8-14-26)27-25(32)33-15-21-19-11-6-4-9-17(19)18-10-5-7-12-20(18)21/h4-7,9-12,16,21-22H,8,13-15H2,1-3H3,(H,27,32)(H,30,31)/t22-/m1/s1. The van der Waals surface area contributed by atoms with Crippen LogP contribution in [-0.2, 0) is 14.3 Å². The van der Waals surface area contributed by atoms with Crippen molar-refractivity contribution in [2.75, 3.05) is 13.7 Å². The number of nitrogens with one attached hydrogen (secondary N) is 1. The topological polar surface area (TPSA) is 95.9 Å². The molecule has 2 aliphatic carbocycles. The number of carbonyl (C=O) groups excluding carboxylic acids is 2. The number of likely N-dealkylation sites (N-methyl/N-ethyl adjacent to an activating group) is 1. The predicted molar refractivity (Wildman–Crippen MR) is 124 cm³/mol. The number of fused-ring (bicyclic) bond motifs is 3. The van der Waals surface area contributed by atoms with E-state index in [1.807, 2.05) is 50.2 Å². The van der Waals surface area contributed by atoms with Crippen molar-refractivity contribution in [1.29, 1.82) is 0 Å². The quantitative estimate of drug-likeness (QED) is 0.664. The molecule has 2 N–H and O–H groups in total. The van der Waals surface area contributed by atoms with Crippen molar-refractivity contribution in [2.24, 2.45) is 5.92 Å². The van der Waals surface area contributed by atoms with Gasteiger partial charge in [0.1, 0.15) is 18.2 Å². The van der Waals surface area contributed by atoms with Gasteiger partial charge >= 0.3 is 12.1 Å². The Hall–Kier alpha value is -3.35. The number of aliphatic carboxylic acids is 1. The Balaban J connectivity index is 1.44. The van der Waals surface area contributed by atoms with Gasteiger partial charge in [0.25, 0.3) is 0 Å². The number of alkyl carbamates (subject to hydrolysis) is 1. The van der Waals surface area contributed by atoms with E-state index in [1.54, 1.807) is 0 Å². The molecule has 0 saturated heterocycles. The van der Waals surface area contributed by atoms with E-state index in [0.717, 1.165) is 28.7 Å². The van der Waals surface area contributed by atoms with Gasteiger partial charge in [-0.3, -0.25) is 4.79 Å². The zero-order valence-corrected chi connectivity index (χ0v) is 19.2. The fourth-order valence-electron chi connectivity index (χ4n) is 4.90. The van der Waals surface area contributed by atoms with Crippen molar-refractivity contribution >= 4 is 18.0 Å². The average molecular weight is 451 g/mol. The third-order valence-electron chi connectivity index (χ3n) is 7.10. The summed E-state index contributed by atoms with van der Waals surface area (Å²) in [4.78, 5) is 39.0. The van der Waals surface area contributed by atoms with Crippen LogP contribution in [0.25, 0.3) is 11.1 Å². The van der Waals surface area contributed by atoms with E-state index in [2.05, 4.69) is 17.4 Å². The summed E-state index contributed by atoms with van der Waals surface area (Å²) in [7, 11) is 1.50. The summed E-state index contributed by atoms with van der Waals surface area (Å²) in [5.41, 5.74) is 3.30. The van der Waals surface area contributed by atoms with Gasteiger partial charge in [-0.25, -0.2) is 9.59 Å². The minimum Gasteiger partial charge on any atom is -0.479 e. The number of carbonyl (C=O) groups is 3. The summed E-state index contributed by atoms with van der Waals surface area (Å²) in [6.45, 7) is 3.77. The molecule has 0 radical (unpaired) electrons. The van der Waals surface area contributed by atoms with Gasteiger partial charge in [-0.05, 0) is 47.4 Å². The second-order valence-corrected chi connectivity index (χ2v) is 9.28. The lowest BCUT2D eigenvalue weighted by atomic mass is 9.75. The molecule has 33 heavy (non-hydrogen) atoms. The number of nitrogens with zero attached hydrogens (tertiary/aromatic N) is 1. The van der Waals surface area contributed by atoms with Crippen LogP contribution < -0.4 is 5.32 Å². The van der Waals surface area contributed by atoms with E-state index in [1.165, 1.54) is 11.9 Å². The molecule has 7 heteroatoms. The van der Waals surface area contributed by atoms with Gasteiger partial charge < -0.3 is 20.1 Å². The van der Waals surface area contributed by atoms with Crippen molar-refractivity contribution < 1.29 is 24.2 Å². The second kappa shape index (κ2) is 8.89. The summed E-state index contributed by atoms with van der Waals surface area (Å²) >= 11 is 0. The Morgan fingerprint density at radius 3 is 2.06 bits per heavy atom. The first-order valence-corrected chi connectivity index (χ1v) is 11.4. The highest BCUT2D eigenvalue weighted by molar-refractivity contribution is 5.92. The largest absolute Gasteiger partial charge is 0.479 e. The van der Waals surface area contributed by atoms with Crippen molar-refractivity contribution in [1.82, 2.24) is 10.2 Å². The summed E-state index contributed by atoms with van der Waals surface area (Å²) in [5, 5.41) is 12.3. The number of amides is 2. The number of carboxylic acid groups (broad SMARTS) is 1. The molecule has 2 aliphatic rings. The van der Waals surface area contributed by atoms with E-state index in [0.29, 0.717) is 12.8 Å². The predicted octanol–water partition coefficient (Wildman–Crippen LogP) is 4.02. The van der Waals surface area contributed by atoms with Crippen LogP contribution in [0.4, 0.5) is 4.79 Å². The van der Waals surface area contributed by atoms with Crippen LogP contribution in [0.1, 0.15) is 50.2 Å². The molecule has 1 atom stereocenters. The Labute approximate surface area is 193 Å². The fourth-order valence-corrected chi connectivity index (χ4v) is 4.90. The maximum absolute atomic E-state index is 13.1. The maximum Gasteiger partial charge on any atom is 0.407 e. The summed E-state index contributed by atoms with van der Waals surface area (Å²) in [5.74, 6) is -1.73. The second-order valence-electron chi connectivity index (χ2n) is 9.28. The Morgan fingerprint density at radius 2 is 1.61 bits per heavy atom. The van der Waals surface area contributed by atoms with Crippen LogP contribution in [0.2, 0.25) is 0 Å². The number of hydrogen-bond acceptors (Lipinski definition) is 4. The van der Waals surface area contributed by atoms with Crippen molar-refractivity contribution in [3.05, 3.63) is 59.7 Å². The van der Waals surface area contributed by atoms with Gasteiger partial charge in [0.2, 0.25) is 5.91 Å². The minimum atomic E-state index is -1.19. The van der Waals surface area contributed by atoms with Crippen molar-refractivity contribution in [3.8, 4) is 11.1 Å². The molecule has 0 spiro atoms. The van der Waals surface area contributed by atoms with Crippen LogP contribution in [0.5, 0.6) is 0 Å². The lowest BCUT2D eigenvalue weighted by molar-refractivity contribution is -0.165. The first-order chi connectivity index (χ1) is 15.8. The minimum absolute atomic E-state index is 0.0794. The van der Waals surface area contributed by atoms with Gasteiger partial charge in [0, 0.05) is 13.0 Å². The number of ether oxygens (including phenoxy) is 1. The van der Waals surface area contributed by atoms with E-state index >= 15 is 0 Å². The van der Waals surface area contributed by atoms with Crippen LogP contribution in [0.15, 0.2) is 48.5 Å². The summed E-state index contributed by atoms with van der Waals surface area (Å²) < 4.78 is 5.59. The maximum atomic E-state index is 13.1. The Morgan fingerprint density at radius 1 is 1.06 bits per heavy atom. The summed E-state index contributed by atoms with van der Waals surface area (Å²) in [6, 6.07) is 15.3. The molecule has 0 aromatic heterocycles. The lowest BCUT2D eigenvalue weighted by Gasteiger charge is -2.46. The van der Waals surface area contributed by atoms with E-state index < -0.39 is 29.6 Å².